The first-order valence-corrected chi connectivity index (χ1v) is 7.72. The van der Waals surface area contributed by atoms with E-state index in [0.29, 0.717) is 5.56 Å². The van der Waals surface area contributed by atoms with Crippen LogP contribution < -0.4 is 9.80 Å². The lowest BCUT2D eigenvalue weighted by Gasteiger charge is -2.43. The SMILES string of the molecule is Cc1ccc2c(c1)C(=O)CC1(C(=O)N(C)c3ccccc31)N2C. The molecule has 0 aliphatic carbocycles. The predicted octanol–water partition coefficient (Wildman–Crippen LogP) is 2.89. The highest BCUT2D eigenvalue weighted by Gasteiger charge is 2.56. The summed E-state index contributed by atoms with van der Waals surface area (Å²) in [5.74, 6) is -0.0129. The van der Waals surface area contributed by atoms with Gasteiger partial charge in [-0.05, 0) is 25.1 Å². The number of benzene rings is 2. The van der Waals surface area contributed by atoms with Crippen molar-refractivity contribution >= 4 is 23.1 Å². The van der Waals surface area contributed by atoms with Crippen LogP contribution in [-0.2, 0) is 10.3 Å². The Morgan fingerprint density at radius 2 is 1.74 bits per heavy atom. The molecule has 1 atom stereocenters. The first kappa shape index (κ1) is 14.0. The van der Waals surface area contributed by atoms with E-state index >= 15 is 0 Å². The Labute approximate surface area is 135 Å². The molecule has 1 unspecified atom stereocenters. The van der Waals surface area contributed by atoms with Crippen LogP contribution in [0, 0.1) is 6.92 Å². The van der Waals surface area contributed by atoms with Crippen LogP contribution in [0.4, 0.5) is 11.4 Å². The van der Waals surface area contributed by atoms with Crippen molar-refractivity contribution in [3.05, 3.63) is 59.2 Å². The minimum atomic E-state index is -0.926. The van der Waals surface area contributed by atoms with Gasteiger partial charge in [-0.25, -0.2) is 0 Å². The first-order valence-electron chi connectivity index (χ1n) is 7.72. The quantitative estimate of drug-likeness (QED) is 0.751. The molecule has 116 valence electrons. The van der Waals surface area contributed by atoms with Crippen molar-refractivity contribution in [2.45, 2.75) is 18.9 Å². The summed E-state index contributed by atoms with van der Waals surface area (Å²) in [6.07, 6.45) is 0.181. The van der Waals surface area contributed by atoms with Gasteiger partial charge in [0, 0.05) is 43.0 Å². The summed E-state index contributed by atoms with van der Waals surface area (Å²) >= 11 is 0. The maximum atomic E-state index is 13.1. The van der Waals surface area contributed by atoms with Gasteiger partial charge in [0.25, 0.3) is 5.91 Å². The van der Waals surface area contributed by atoms with Gasteiger partial charge in [0.15, 0.2) is 11.3 Å². The summed E-state index contributed by atoms with van der Waals surface area (Å²) in [5, 5.41) is 0. The van der Waals surface area contributed by atoms with Crippen LogP contribution in [-0.4, -0.2) is 25.8 Å². The van der Waals surface area contributed by atoms with E-state index in [0.717, 1.165) is 22.5 Å². The Hall–Kier alpha value is -2.62. The summed E-state index contributed by atoms with van der Waals surface area (Å²) in [4.78, 5) is 29.6. The number of amides is 1. The molecule has 0 radical (unpaired) electrons. The summed E-state index contributed by atoms with van der Waals surface area (Å²) < 4.78 is 0. The Balaban J connectivity index is 1.99. The van der Waals surface area contributed by atoms with E-state index in [4.69, 9.17) is 0 Å². The van der Waals surface area contributed by atoms with Crippen molar-refractivity contribution in [2.75, 3.05) is 23.9 Å². The van der Waals surface area contributed by atoms with E-state index in [1.165, 1.54) is 0 Å². The van der Waals surface area contributed by atoms with Crippen LogP contribution >= 0.6 is 0 Å². The topological polar surface area (TPSA) is 40.6 Å². The molecule has 4 nitrogen and oxygen atoms in total. The predicted molar refractivity (Wildman–Crippen MR) is 90.1 cm³/mol. The van der Waals surface area contributed by atoms with Gasteiger partial charge in [-0.1, -0.05) is 29.8 Å². The second kappa shape index (κ2) is 4.44. The Morgan fingerprint density at radius 3 is 2.52 bits per heavy atom. The third-order valence-corrected chi connectivity index (χ3v) is 5.17. The van der Waals surface area contributed by atoms with E-state index in [2.05, 4.69) is 0 Å². The molecule has 0 saturated heterocycles. The lowest BCUT2D eigenvalue weighted by molar-refractivity contribution is -0.122. The van der Waals surface area contributed by atoms with Gasteiger partial charge in [-0.15, -0.1) is 0 Å². The van der Waals surface area contributed by atoms with Gasteiger partial charge in [-0.3, -0.25) is 9.59 Å². The molecule has 0 saturated carbocycles. The van der Waals surface area contributed by atoms with Gasteiger partial charge in [-0.2, -0.15) is 0 Å². The third-order valence-electron chi connectivity index (χ3n) is 5.17. The fourth-order valence-electron chi connectivity index (χ4n) is 3.93. The van der Waals surface area contributed by atoms with E-state index in [1.807, 2.05) is 61.3 Å². The maximum Gasteiger partial charge on any atom is 0.257 e. The number of anilines is 2. The van der Waals surface area contributed by atoms with Gasteiger partial charge < -0.3 is 9.80 Å². The third kappa shape index (κ3) is 1.61. The molecule has 0 bridgehead atoms. The lowest BCUT2D eigenvalue weighted by Crippen LogP contribution is -2.55. The zero-order chi connectivity index (χ0) is 16.4. The number of ketones is 1. The Morgan fingerprint density at radius 1 is 1.00 bits per heavy atom. The fourth-order valence-corrected chi connectivity index (χ4v) is 3.93. The highest BCUT2D eigenvalue weighted by atomic mass is 16.2. The second-order valence-corrected chi connectivity index (χ2v) is 6.42. The number of nitrogens with zero attached hydrogens (tertiary/aromatic N) is 2. The Bertz CT molecular complexity index is 858. The zero-order valence-corrected chi connectivity index (χ0v) is 13.5. The van der Waals surface area contributed by atoms with Gasteiger partial charge in [0.05, 0.1) is 0 Å². The molecule has 2 aromatic carbocycles. The average Bonchev–Trinajstić information content (AvgIpc) is 2.76. The van der Waals surface area contributed by atoms with Crippen LogP contribution in [0.15, 0.2) is 42.5 Å². The van der Waals surface area contributed by atoms with Gasteiger partial charge in [0.2, 0.25) is 0 Å². The summed E-state index contributed by atoms with van der Waals surface area (Å²) in [6.45, 7) is 1.97. The summed E-state index contributed by atoms with van der Waals surface area (Å²) in [5.41, 5.74) is 3.45. The molecule has 0 aromatic heterocycles. The first-order chi connectivity index (χ1) is 11.0. The van der Waals surface area contributed by atoms with E-state index in [1.54, 1.807) is 11.9 Å². The van der Waals surface area contributed by atoms with Crippen LogP contribution in [0.5, 0.6) is 0 Å². The average molecular weight is 306 g/mol. The Kier molecular flexibility index (Phi) is 2.71. The van der Waals surface area contributed by atoms with Crippen LogP contribution in [0.3, 0.4) is 0 Å². The number of rotatable bonds is 0. The number of carbonyl (C=O) groups is 2. The number of hydrogen-bond donors (Lipinski definition) is 0. The normalized spacial score (nSPS) is 22.6. The molecule has 2 aliphatic rings. The van der Waals surface area contributed by atoms with Crippen LogP contribution in [0.25, 0.3) is 0 Å². The molecule has 2 aromatic rings. The monoisotopic (exact) mass is 306 g/mol. The van der Waals surface area contributed by atoms with E-state index < -0.39 is 5.54 Å². The molecule has 4 rings (SSSR count). The number of hydrogen-bond acceptors (Lipinski definition) is 3. The number of aryl methyl sites for hydroxylation is 1. The highest BCUT2D eigenvalue weighted by Crippen LogP contribution is 2.50. The number of para-hydroxylation sites is 1. The van der Waals surface area contributed by atoms with Crippen LogP contribution in [0.2, 0.25) is 0 Å². The zero-order valence-electron chi connectivity index (χ0n) is 13.5. The van der Waals surface area contributed by atoms with Crippen molar-refractivity contribution in [3.63, 3.8) is 0 Å². The van der Waals surface area contributed by atoms with E-state index in [-0.39, 0.29) is 18.1 Å². The van der Waals surface area contributed by atoms with Crippen molar-refractivity contribution in [2.24, 2.45) is 0 Å². The van der Waals surface area contributed by atoms with Crippen LogP contribution in [0.1, 0.15) is 27.9 Å². The summed E-state index contributed by atoms with van der Waals surface area (Å²) in [7, 11) is 3.69. The van der Waals surface area contributed by atoms with Gasteiger partial charge >= 0.3 is 0 Å². The molecule has 1 amide bonds. The molecular formula is C19H18N2O2. The molecule has 2 heterocycles. The summed E-state index contributed by atoms with van der Waals surface area (Å²) in [6, 6.07) is 13.6. The molecule has 0 fully saturated rings. The molecule has 2 aliphatic heterocycles. The smallest absolute Gasteiger partial charge is 0.257 e. The molecule has 1 spiro atoms. The number of fused-ring (bicyclic) bond motifs is 3. The minimum Gasteiger partial charge on any atom is -0.356 e. The van der Waals surface area contributed by atoms with Gasteiger partial charge in [0.1, 0.15) is 0 Å². The van der Waals surface area contributed by atoms with Crippen molar-refractivity contribution in [1.29, 1.82) is 0 Å². The minimum absolute atomic E-state index is 0.0280. The standard InChI is InChI=1S/C19H18N2O2/c1-12-8-9-15-13(10-12)17(22)11-19(21(15)3)14-6-4-5-7-16(14)20(2)18(19)23/h4-10H,11H2,1-3H3. The number of carbonyl (C=O) groups excluding carboxylic acids is 2. The fraction of sp³-hybridized carbons (Fsp3) is 0.263. The second-order valence-electron chi connectivity index (χ2n) is 6.42. The van der Waals surface area contributed by atoms with Crippen molar-refractivity contribution in [3.8, 4) is 0 Å². The molecule has 4 heteroatoms. The molecule has 23 heavy (non-hydrogen) atoms. The van der Waals surface area contributed by atoms with E-state index in [9.17, 15) is 9.59 Å². The molecule has 0 N–H and O–H groups in total. The highest BCUT2D eigenvalue weighted by molar-refractivity contribution is 6.16. The van der Waals surface area contributed by atoms with Crippen molar-refractivity contribution in [1.82, 2.24) is 0 Å². The lowest BCUT2D eigenvalue weighted by atomic mass is 9.79. The maximum absolute atomic E-state index is 13.1. The largest absolute Gasteiger partial charge is 0.356 e. The molecular weight excluding hydrogens is 288 g/mol. The van der Waals surface area contributed by atoms with Crippen molar-refractivity contribution < 1.29 is 9.59 Å². The number of Topliss-reactive ketones (excluding diaryl/α,β-unsaturated/α-hetero) is 1. The number of likely N-dealkylation sites (N-methyl/N-ethyl adjacent to an activating group) is 2.